The molecule has 0 spiro atoms. The first-order valence-corrected chi connectivity index (χ1v) is 10.8. The Balaban J connectivity index is 1.62. The van der Waals surface area contributed by atoms with Crippen molar-refractivity contribution in [2.75, 3.05) is 6.54 Å². The van der Waals surface area contributed by atoms with Gasteiger partial charge < -0.3 is 5.32 Å². The minimum atomic E-state index is -3.58. The molecule has 0 saturated heterocycles. The first-order valence-electron chi connectivity index (χ1n) is 8.47. The third-order valence-corrected chi connectivity index (χ3v) is 6.77. The third kappa shape index (κ3) is 4.90. The summed E-state index contributed by atoms with van der Waals surface area (Å²) in [5.74, 6) is -0.255. The van der Waals surface area contributed by atoms with E-state index >= 15 is 0 Å². The van der Waals surface area contributed by atoms with Crippen LogP contribution in [0.2, 0.25) is 0 Å². The third-order valence-electron chi connectivity index (χ3n) is 4.32. The van der Waals surface area contributed by atoms with Crippen LogP contribution in [0.1, 0.15) is 40.9 Å². The van der Waals surface area contributed by atoms with Crippen molar-refractivity contribution in [1.82, 2.24) is 10.0 Å². The normalized spacial score (nSPS) is 15.4. The molecule has 0 unspecified atom stereocenters. The molecule has 1 fully saturated rings. The van der Waals surface area contributed by atoms with Crippen LogP contribution in [0, 0.1) is 0 Å². The van der Waals surface area contributed by atoms with Crippen molar-refractivity contribution in [2.45, 2.75) is 43.0 Å². The number of amides is 1. The maximum absolute atomic E-state index is 12.5. The average molecular weight is 379 g/mol. The Bertz CT molecular complexity index is 811. The van der Waals surface area contributed by atoms with E-state index in [1.807, 2.05) is 17.5 Å². The quantitative estimate of drug-likeness (QED) is 0.778. The summed E-state index contributed by atoms with van der Waals surface area (Å²) in [7, 11) is -3.58. The molecule has 1 amide bonds. The lowest BCUT2D eigenvalue weighted by atomic mass is 10.2. The molecular formula is C18H22N2O3S2. The molecule has 7 heteroatoms. The van der Waals surface area contributed by atoms with Crippen molar-refractivity contribution < 1.29 is 13.2 Å². The van der Waals surface area contributed by atoms with Crippen molar-refractivity contribution >= 4 is 27.3 Å². The highest BCUT2D eigenvalue weighted by Crippen LogP contribution is 2.21. The smallest absolute Gasteiger partial charge is 0.251 e. The van der Waals surface area contributed by atoms with Gasteiger partial charge in [-0.3, -0.25) is 4.79 Å². The molecule has 5 nitrogen and oxygen atoms in total. The van der Waals surface area contributed by atoms with E-state index in [1.165, 1.54) is 17.0 Å². The van der Waals surface area contributed by atoms with Gasteiger partial charge in [0.2, 0.25) is 10.0 Å². The van der Waals surface area contributed by atoms with Gasteiger partial charge in [-0.2, -0.15) is 0 Å². The molecule has 0 radical (unpaired) electrons. The molecule has 25 heavy (non-hydrogen) atoms. The van der Waals surface area contributed by atoms with E-state index in [4.69, 9.17) is 0 Å². The van der Waals surface area contributed by atoms with Gasteiger partial charge in [0.1, 0.15) is 0 Å². The van der Waals surface area contributed by atoms with E-state index in [2.05, 4.69) is 10.0 Å². The molecule has 1 heterocycles. The summed E-state index contributed by atoms with van der Waals surface area (Å²) in [5, 5.41) is 4.84. The molecule has 0 bridgehead atoms. The van der Waals surface area contributed by atoms with E-state index in [9.17, 15) is 13.2 Å². The Hall–Kier alpha value is -1.70. The summed E-state index contributed by atoms with van der Waals surface area (Å²) in [6, 6.07) is 10.2. The predicted octanol–water partition coefficient (Wildman–Crippen LogP) is 2.94. The minimum Gasteiger partial charge on any atom is -0.352 e. The van der Waals surface area contributed by atoms with E-state index in [0.29, 0.717) is 12.1 Å². The van der Waals surface area contributed by atoms with Crippen LogP contribution in [0.4, 0.5) is 0 Å². The summed E-state index contributed by atoms with van der Waals surface area (Å²) in [6.07, 6.45) is 4.63. The van der Waals surface area contributed by atoms with Crippen molar-refractivity contribution in [2.24, 2.45) is 0 Å². The number of benzene rings is 1. The highest BCUT2D eigenvalue weighted by atomic mass is 32.2. The van der Waals surface area contributed by atoms with Gasteiger partial charge in [-0.05, 0) is 48.9 Å². The van der Waals surface area contributed by atoms with Crippen LogP contribution >= 0.6 is 11.3 Å². The molecule has 1 aliphatic carbocycles. The lowest BCUT2D eigenvalue weighted by molar-refractivity contribution is 0.0954. The number of thiophene rings is 1. The molecule has 0 aliphatic heterocycles. The number of carbonyl (C=O) groups is 1. The van der Waals surface area contributed by atoms with Gasteiger partial charge in [0, 0.05) is 23.0 Å². The maximum Gasteiger partial charge on any atom is 0.251 e. The van der Waals surface area contributed by atoms with Crippen molar-refractivity contribution in [3.05, 3.63) is 52.2 Å². The molecule has 2 N–H and O–H groups in total. The van der Waals surface area contributed by atoms with Gasteiger partial charge >= 0.3 is 0 Å². The van der Waals surface area contributed by atoms with Gasteiger partial charge in [0.15, 0.2) is 0 Å². The summed E-state index contributed by atoms with van der Waals surface area (Å²) in [6.45, 7) is 0.524. The van der Waals surface area contributed by atoms with Crippen LogP contribution in [-0.4, -0.2) is 26.9 Å². The number of carbonyl (C=O) groups excluding carboxylic acids is 1. The second-order valence-corrected chi connectivity index (χ2v) is 8.96. The average Bonchev–Trinajstić information content (AvgIpc) is 3.28. The Kier molecular flexibility index (Phi) is 5.88. The molecule has 3 rings (SSSR count). The second-order valence-electron chi connectivity index (χ2n) is 6.22. The maximum atomic E-state index is 12.5. The zero-order chi connectivity index (χ0) is 17.7. The van der Waals surface area contributed by atoms with Crippen molar-refractivity contribution in [3.8, 4) is 0 Å². The van der Waals surface area contributed by atoms with E-state index in [-0.39, 0.29) is 16.8 Å². The Morgan fingerprint density at radius 2 is 1.96 bits per heavy atom. The molecule has 1 saturated carbocycles. The van der Waals surface area contributed by atoms with Crippen LogP contribution in [-0.2, 0) is 16.4 Å². The standard InChI is InChI=1S/C18H22N2O3S2/c21-18(19-11-10-16-8-4-12-24-16)14-5-3-9-17(13-14)25(22,23)20-15-6-1-2-7-15/h3-5,8-9,12-13,15,20H,1-2,6-7,10-11H2,(H,19,21). The van der Waals surface area contributed by atoms with E-state index in [1.54, 1.807) is 23.5 Å². The fourth-order valence-electron chi connectivity index (χ4n) is 2.99. The highest BCUT2D eigenvalue weighted by molar-refractivity contribution is 7.89. The van der Waals surface area contributed by atoms with Gasteiger partial charge in [-0.1, -0.05) is 25.0 Å². The van der Waals surface area contributed by atoms with E-state index in [0.717, 1.165) is 32.1 Å². The summed E-state index contributed by atoms with van der Waals surface area (Å²) in [5.41, 5.74) is 0.362. The lowest BCUT2D eigenvalue weighted by Crippen LogP contribution is -2.33. The first kappa shape index (κ1) is 18.1. The number of sulfonamides is 1. The molecule has 1 aromatic carbocycles. The number of hydrogen-bond donors (Lipinski definition) is 2. The van der Waals surface area contributed by atoms with Gasteiger partial charge in [0.05, 0.1) is 4.90 Å². The summed E-state index contributed by atoms with van der Waals surface area (Å²) in [4.78, 5) is 13.6. The molecule has 134 valence electrons. The molecular weight excluding hydrogens is 356 g/mol. The van der Waals surface area contributed by atoms with Crippen LogP contribution in [0.25, 0.3) is 0 Å². The van der Waals surface area contributed by atoms with E-state index < -0.39 is 10.0 Å². The minimum absolute atomic E-state index is 0.00767. The van der Waals surface area contributed by atoms with Gasteiger partial charge in [-0.15, -0.1) is 11.3 Å². The van der Waals surface area contributed by atoms with Gasteiger partial charge in [-0.25, -0.2) is 13.1 Å². The fourth-order valence-corrected chi connectivity index (χ4v) is 5.05. The predicted molar refractivity (Wildman–Crippen MR) is 99.4 cm³/mol. The monoisotopic (exact) mass is 378 g/mol. The zero-order valence-electron chi connectivity index (χ0n) is 13.9. The summed E-state index contributed by atoms with van der Waals surface area (Å²) < 4.78 is 27.7. The Morgan fingerprint density at radius 1 is 1.16 bits per heavy atom. The first-order chi connectivity index (χ1) is 12.0. The Labute approximate surface area is 152 Å². The Morgan fingerprint density at radius 3 is 2.68 bits per heavy atom. The lowest BCUT2D eigenvalue weighted by Gasteiger charge is -2.13. The van der Waals surface area contributed by atoms with Crippen LogP contribution in [0.15, 0.2) is 46.7 Å². The number of hydrogen-bond acceptors (Lipinski definition) is 4. The van der Waals surface area contributed by atoms with Crippen LogP contribution in [0.5, 0.6) is 0 Å². The van der Waals surface area contributed by atoms with Crippen molar-refractivity contribution in [1.29, 1.82) is 0 Å². The fraction of sp³-hybridized carbons (Fsp3) is 0.389. The summed E-state index contributed by atoms with van der Waals surface area (Å²) >= 11 is 1.65. The zero-order valence-corrected chi connectivity index (χ0v) is 15.5. The second kappa shape index (κ2) is 8.12. The molecule has 2 aromatic rings. The molecule has 1 aromatic heterocycles. The topological polar surface area (TPSA) is 75.3 Å². The highest BCUT2D eigenvalue weighted by Gasteiger charge is 2.23. The van der Waals surface area contributed by atoms with Crippen molar-refractivity contribution in [3.63, 3.8) is 0 Å². The van der Waals surface area contributed by atoms with Gasteiger partial charge in [0.25, 0.3) is 5.91 Å². The largest absolute Gasteiger partial charge is 0.352 e. The molecule has 1 aliphatic rings. The van der Waals surface area contributed by atoms with Crippen LogP contribution in [0.3, 0.4) is 0 Å². The van der Waals surface area contributed by atoms with Crippen LogP contribution < -0.4 is 10.0 Å². The number of rotatable bonds is 7. The number of nitrogens with one attached hydrogen (secondary N) is 2. The molecule has 0 atom stereocenters. The SMILES string of the molecule is O=C(NCCc1cccs1)c1cccc(S(=O)(=O)NC2CCCC2)c1.